The number of aryl methyl sites for hydroxylation is 2. The van der Waals surface area contributed by atoms with E-state index in [-0.39, 0.29) is 12.0 Å². The van der Waals surface area contributed by atoms with Gasteiger partial charge in [-0.3, -0.25) is 0 Å². The van der Waals surface area contributed by atoms with E-state index in [9.17, 15) is 8.78 Å². The fraction of sp³-hybridized carbons (Fsp3) is 0.571. The summed E-state index contributed by atoms with van der Waals surface area (Å²) in [5.41, 5.74) is 3.52. The predicted molar refractivity (Wildman–Crippen MR) is 67.8 cm³/mol. The van der Waals surface area contributed by atoms with Gasteiger partial charge in [0, 0.05) is 18.5 Å². The van der Waals surface area contributed by atoms with Gasteiger partial charge in [-0.15, -0.1) is 0 Å². The van der Waals surface area contributed by atoms with Crippen molar-refractivity contribution in [2.45, 2.75) is 40.0 Å². The minimum Gasteiger partial charge on any atom is -0.320 e. The van der Waals surface area contributed by atoms with Gasteiger partial charge in [-0.25, -0.2) is 8.78 Å². The third-order valence-electron chi connectivity index (χ3n) is 3.42. The van der Waals surface area contributed by atoms with Gasteiger partial charge < -0.3 is 5.32 Å². The van der Waals surface area contributed by atoms with Crippen molar-refractivity contribution < 1.29 is 8.78 Å². The summed E-state index contributed by atoms with van der Waals surface area (Å²) in [4.78, 5) is 0. The van der Waals surface area contributed by atoms with E-state index in [0.717, 1.165) is 11.1 Å². The molecule has 1 aromatic carbocycles. The molecule has 0 aromatic heterocycles. The molecule has 0 aliphatic heterocycles. The summed E-state index contributed by atoms with van der Waals surface area (Å²) in [7, 11) is 1.69. The molecule has 0 radical (unpaired) electrons. The fourth-order valence-electron chi connectivity index (χ4n) is 2.17. The first kappa shape index (κ1) is 14.1. The summed E-state index contributed by atoms with van der Waals surface area (Å²) in [6.45, 7) is 7.66. The van der Waals surface area contributed by atoms with Crippen LogP contribution in [0.4, 0.5) is 8.78 Å². The maximum Gasteiger partial charge on any atom is 0.275 e. The molecule has 0 fully saturated rings. The molecule has 17 heavy (non-hydrogen) atoms. The fourth-order valence-corrected chi connectivity index (χ4v) is 2.17. The Hall–Kier alpha value is -0.960. The van der Waals surface area contributed by atoms with Gasteiger partial charge in [0.15, 0.2) is 0 Å². The summed E-state index contributed by atoms with van der Waals surface area (Å²) >= 11 is 0. The minimum atomic E-state index is -2.76. The van der Waals surface area contributed by atoms with Crippen molar-refractivity contribution in [3.05, 3.63) is 33.9 Å². The zero-order valence-electron chi connectivity index (χ0n) is 11.2. The van der Waals surface area contributed by atoms with Crippen molar-refractivity contribution in [3.63, 3.8) is 0 Å². The van der Waals surface area contributed by atoms with Crippen LogP contribution >= 0.6 is 0 Å². The second kappa shape index (κ2) is 5.13. The molecule has 0 amide bonds. The van der Waals surface area contributed by atoms with E-state index in [1.165, 1.54) is 0 Å². The Morgan fingerprint density at radius 2 is 1.53 bits per heavy atom. The molecule has 1 rings (SSSR count). The molecule has 0 aliphatic carbocycles. The van der Waals surface area contributed by atoms with Gasteiger partial charge in [0.1, 0.15) is 0 Å². The smallest absolute Gasteiger partial charge is 0.275 e. The molecule has 0 unspecified atom stereocenters. The molecule has 1 nitrogen and oxygen atoms in total. The molecular weight excluding hydrogens is 220 g/mol. The lowest BCUT2D eigenvalue weighted by Crippen LogP contribution is -2.23. The second-order valence-electron chi connectivity index (χ2n) is 4.69. The monoisotopic (exact) mass is 241 g/mol. The van der Waals surface area contributed by atoms with Crippen LogP contribution < -0.4 is 5.32 Å². The molecular formula is C14H21F2N. The average Bonchev–Trinajstić information content (AvgIpc) is 2.24. The zero-order valence-corrected chi connectivity index (χ0v) is 11.2. The summed E-state index contributed by atoms with van der Waals surface area (Å²) in [6, 6.07) is 1.97. The van der Waals surface area contributed by atoms with Crippen LogP contribution in [0.5, 0.6) is 0 Å². The van der Waals surface area contributed by atoms with Gasteiger partial charge >= 0.3 is 0 Å². The van der Waals surface area contributed by atoms with E-state index >= 15 is 0 Å². The average molecular weight is 241 g/mol. The lowest BCUT2D eigenvalue weighted by atomic mass is 9.89. The second-order valence-corrected chi connectivity index (χ2v) is 4.69. The van der Waals surface area contributed by atoms with Crippen LogP contribution in [-0.4, -0.2) is 13.6 Å². The normalized spacial score (nSPS) is 11.9. The number of nitrogens with one attached hydrogen (secondary N) is 1. The van der Waals surface area contributed by atoms with Crippen molar-refractivity contribution in [2.75, 3.05) is 13.6 Å². The van der Waals surface area contributed by atoms with E-state index in [0.29, 0.717) is 17.7 Å². The Morgan fingerprint density at radius 3 is 1.94 bits per heavy atom. The molecule has 96 valence electrons. The SMILES string of the molecule is CNCCC(F)(F)c1c(C)c(C)cc(C)c1C. The third kappa shape index (κ3) is 2.83. The molecule has 3 heteroatoms. The van der Waals surface area contributed by atoms with Gasteiger partial charge in [-0.1, -0.05) is 6.07 Å². The van der Waals surface area contributed by atoms with Gasteiger partial charge in [0.05, 0.1) is 0 Å². The van der Waals surface area contributed by atoms with Gasteiger partial charge in [0.2, 0.25) is 0 Å². The maximum atomic E-state index is 14.2. The highest BCUT2D eigenvalue weighted by Gasteiger charge is 2.34. The molecule has 0 spiro atoms. The first-order valence-corrected chi connectivity index (χ1v) is 5.91. The Balaban J connectivity index is 3.29. The van der Waals surface area contributed by atoms with E-state index in [4.69, 9.17) is 0 Å². The Kier molecular flexibility index (Phi) is 4.26. The maximum absolute atomic E-state index is 14.2. The van der Waals surface area contributed by atoms with Crippen molar-refractivity contribution in [3.8, 4) is 0 Å². The summed E-state index contributed by atoms with van der Waals surface area (Å²) < 4.78 is 28.4. The van der Waals surface area contributed by atoms with Crippen LogP contribution in [0.3, 0.4) is 0 Å². The predicted octanol–water partition coefficient (Wildman–Crippen LogP) is 3.62. The highest BCUT2D eigenvalue weighted by Crippen LogP contribution is 2.38. The van der Waals surface area contributed by atoms with Gasteiger partial charge in [-0.2, -0.15) is 0 Å². The molecule has 0 atom stereocenters. The topological polar surface area (TPSA) is 12.0 Å². The number of hydrogen-bond acceptors (Lipinski definition) is 1. The molecule has 0 saturated heterocycles. The molecule has 0 saturated carbocycles. The molecule has 0 heterocycles. The molecule has 1 aromatic rings. The molecule has 1 N–H and O–H groups in total. The Labute approximate surface area is 102 Å². The van der Waals surface area contributed by atoms with Crippen molar-refractivity contribution in [1.29, 1.82) is 0 Å². The zero-order chi connectivity index (χ0) is 13.2. The minimum absolute atomic E-state index is 0.159. The van der Waals surface area contributed by atoms with Crippen molar-refractivity contribution in [1.82, 2.24) is 5.32 Å². The Morgan fingerprint density at radius 1 is 1.06 bits per heavy atom. The largest absolute Gasteiger partial charge is 0.320 e. The number of rotatable bonds is 4. The van der Waals surface area contributed by atoms with Gasteiger partial charge in [0.25, 0.3) is 5.92 Å². The quantitative estimate of drug-likeness (QED) is 0.849. The van der Waals surface area contributed by atoms with Crippen molar-refractivity contribution in [2.24, 2.45) is 0 Å². The van der Waals surface area contributed by atoms with Crippen LogP contribution in [0.25, 0.3) is 0 Å². The number of benzene rings is 1. The van der Waals surface area contributed by atoms with E-state index in [1.54, 1.807) is 20.9 Å². The highest BCUT2D eigenvalue weighted by molar-refractivity contribution is 5.46. The standard InChI is InChI=1S/C14H21F2N/c1-9-8-10(2)12(4)13(11(9)3)14(15,16)6-7-17-5/h8,17H,6-7H2,1-5H3. The molecule has 0 bridgehead atoms. The lowest BCUT2D eigenvalue weighted by molar-refractivity contribution is -0.0136. The first-order chi connectivity index (χ1) is 7.81. The lowest BCUT2D eigenvalue weighted by Gasteiger charge is -2.23. The number of halogens is 2. The van der Waals surface area contributed by atoms with Crippen LogP contribution in [-0.2, 0) is 5.92 Å². The number of alkyl halides is 2. The molecule has 0 aliphatic rings. The van der Waals surface area contributed by atoms with Crippen LogP contribution in [0.15, 0.2) is 6.07 Å². The summed E-state index contributed by atoms with van der Waals surface area (Å²) in [5, 5.41) is 2.78. The van der Waals surface area contributed by atoms with Gasteiger partial charge in [-0.05, 0) is 57.0 Å². The first-order valence-electron chi connectivity index (χ1n) is 5.91. The third-order valence-corrected chi connectivity index (χ3v) is 3.42. The van der Waals surface area contributed by atoms with Crippen molar-refractivity contribution >= 4 is 0 Å². The van der Waals surface area contributed by atoms with Crippen LogP contribution in [0, 0.1) is 27.7 Å². The Bertz CT molecular complexity index is 385. The summed E-state index contributed by atoms with van der Waals surface area (Å²) in [5.74, 6) is -2.76. The van der Waals surface area contributed by atoms with E-state index in [2.05, 4.69) is 5.32 Å². The van der Waals surface area contributed by atoms with Crippen LogP contribution in [0.2, 0.25) is 0 Å². The summed E-state index contributed by atoms with van der Waals surface area (Å²) in [6.07, 6.45) is -0.159. The van der Waals surface area contributed by atoms with E-state index in [1.807, 2.05) is 19.9 Å². The number of hydrogen-bond donors (Lipinski definition) is 1. The highest BCUT2D eigenvalue weighted by atomic mass is 19.3. The van der Waals surface area contributed by atoms with E-state index < -0.39 is 5.92 Å². The van der Waals surface area contributed by atoms with Crippen LogP contribution in [0.1, 0.15) is 34.2 Å².